The van der Waals surface area contributed by atoms with Gasteiger partial charge in [0, 0.05) is 13.1 Å². The van der Waals surface area contributed by atoms with Crippen LogP contribution in [-0.4, -0.2) is 22.3 Å². The minimum absolute atomic E-state index is 0.601. The predicted molar refractivity (Wildman–Crippen MR) is 56.7 cm³/mol. The number of hydrogen-bond acceptors (Lipinski definition) is 2. The van der Waals surface area contributed by atoms with Gasteiger partial charge in [0.1, 0.15) is 5.72 Å². The third-order valence-corrected chi connectivity index (χ3v) is 2.98. The lowest BCUT2D eigenvalue weighted by Crippen LogP contribution is -2.40. The lowest BCUT2D eigenvalue weighted by molar-refractivity contribution is -0.0687. The van der Waals surface area contributed by atoms with E-state index in [1.807, 2.05) is 25.1 Å². The molecule has 1 aliphatic heterocycles. The van der Waals surface area contributed by atoms with Gasteiger partial charge in [0.05, 0.1) is 0 Å². The van der Waals surface area contributed by atoms with Crippen LogP contribution in [0.3, 0.4) is 0 Å². The van der Waals surface area contributed by atoms with Crippen molar-refractivity contribution in [1.29, 1.82) is 0 Å². The molecule has 2 heteroatoms. The van der Waals surface area contributed by atoms with Gasteiger partial charge in [-0.1, -0.05) is 30.3 Å². The van der Waals surface area contributed by atoms with Gasteiger partial charge in [0.15, 0.2) is 0 Å². The van der Waals surface area contributed by atoms with Crippen molar-refractivity contribution in [2.45, 2.75) is 32.0 Å². The zero-order valence-corrected chi connectivity index (χ0v) is 8.61. The van der Waals surface area contributed by atoms with Crippen LogP contribution in [0.1, 0.15) is 25.3 Å². The van der Waals surface area contributed by atoms with E-state index in [0.717, 1.165) is 25.9 Å². The number of benzene rings is 1. The van der Waals surface area contributed by atoms with Crippen LogP contribution in [0.25, 0.3) is 0 Å². The topological polar surface area (TPSA) is 23.5 Å². The predicted octanol–water partition coefficient (Wildman–Crippen LogP) is 1.99. The summed E-state index contributed by atoms with van der Waals surface area (Å²) in [7, 11) is 0. The molecule has 76 valence electrons. The minimum Gasteiger partial charge on any atom is -0.376 e. The van der Waals surface area contributed by atoms with Crippen molar-refractivity contribution < 1.29 is 5.11 Å². The maximum Gasteiger partial charge on any atom is 0.116 e. The van der Waals surface area contributed by atoms with E-state index >= 15 is 0 Å². The molecule has 0 saturated carbocycles. The molecule has 1 aromatic carbocycles. The van der Waals surface area contributed by atoms with Gasteiger partial charge in [-0.3, -0.25) is 4.90 Å². The normalized spacial score (nSPS) is 28.1. The summed E-state index contributed by atoms with van der Waals surface area (Å²) in [6, 6.07) is 10.3. The molecule has 1 aliphatic rings. The zero-order valence-electron chi connectivity index (χ0n) is 8.61. The van der Waals surface area contributed by atoms with Gasteiger partial charge in [-0.05, 0) is 25.3 Å². The van der Waals surface area contributed by atoms with Crippen molar-refractivity contribution in [1.82, 2.24) is 4.90 Å². The van der Waals surface area contributed by atoms with E-state index in [9.17, 15) is 5.11 Å². The molecule has 1 aromatic rings. The first-order chi connectivity index (χ1) is 6.68. The molecule has 1 N–H and O–H groups in total. The molecule has 2 nitrogen and oxygen atoms in total. The first-order valence-corrected chi connectivity index (χ1v) is 5.20. The Balaban J connectivity index is 2.05. The highest BCUT2D eigenvalue weighted by atomic mass is 16.3. The van der Waals surface area contributed by atoms with Crippen LogP contribution >= 0.6 is 0 Å². The molecule has 2 rings (SSSR count). The van der Waals surface area contributed by atoms with Crippen LogP contribution in [0.4, 0.5) is 0 Å². The number of rotatable bonds is 2. The second-order valence-corrected chi connectivity index (χ2v) is 4.23. The van der Waals surface area contributed by atoms with Crippen molar-refractivity contribution in [3.63, 3.8) is 0 Å². The third kappa shape index (κ3) is 1.97. The Labute approximate surface area is 85.2 Å². The van der Waals surface area contributed by atoms with Crippen LogP contribution in [0.5, 0.6) is 0 Å². The Morgan fingerprint density at radius 3 is 2.64 bits per heavy atom. The summed E-state index contributed by atoms with van der Waals surface area (Å²) < 4.78 is 0. The van der Waals surface area contributed by atoms with Crippen molar-refractivity contribution in [2.75, 3.05) is 6.54 Å². The highest BCUT2D eigenvalue weighted by Gasteiger charge is 2.33. The van der Waals surface area contributed by atoms with Gasteiger partial charge in [-0.25, -0.2) is 0 Å². The molecule has 0 aliphatic carbocycles. The summed E-state index contributed by atoms with van der Waals surface area (Å²) in [4.78, 5) is 2.14. The molecular weight excluding hydrogens is 174 g/mol. The first-order valence-electron chi connectivity index (χ1n) is 5.20. The standard InChI is InChI=1S/C12H17NO/c1-12(14)8-5-9-13(12)10-11-6-3-2-4-7-11/h2-4,6-7,14H,5,8-10H2,1H3/t12-/m0/s1. The molecule has 14 heavy (non-hydrogen) atoms. The van der Waals surface area contributed by atoms with E-state index in [4.69, 9.17) is 0 Å². The maximum atomic E-state index is 10.0. The molecule has 0 radical (unpaired) electrons. The summed E-state index contributed by atoms with van der Waals surface area (Å²) in [5.74, 6) is 0. The number of likely N-dealkylation sites (tertiary alicyclic amines) is 1. The monoisotopic (exact) mass is 191 g/mol. The Bertz CT molecular complexity index is 294. The minimum atomic E-state index is -0.601. The largest absolute Gasteiger partial charge is 0.376 e. The van der Waals surface area contributed by atoms with E-state index in [2.05, 4.69) is 17.0 Å². The van der Waals surface area contributed by atoms with Crippen LogP contribution < -0.4 is 0 Å². The van der Waals surface area contributed by atoms with Gasteiger partial charge in [0.2, 0.25) is 0 Å². The fourth-order valence-electron chi connectivity index (χ4n) is 2.06. The highest BCUT2D eigenvalue weighted by molar-refractivity contribution is 5.14. The Hall–Kier alpha value is -0.860. The van der Waals surface area contributed by atoms with Gasteiger partial charge in [0.25, 0.3) is 0 Å². The fourth-order valence-corrected chi connectivity index (χ4v) is 2.06. The summed E-state index contributed by atoms with van der Waals surface area (Å²) in [5.41, 5.74) is 0.671. The molecule has 0 aromatic heterocycles. The Kier molecular flexibility index (Phi) is 2.57. The Morgan fingerprint density at radius 2 is 2.07 bits per heavy atom. The van der Waals surface area contributed by atoms with Crippen LogP contribution in [0.15, 0.2) is 30.3 Å². The quantitative estimate of drug-likeness (QED) is 0.772. The van der Waals surface area contributed by atoms with Crippen LogP contribution in [0, 0.1) is 0 Å². The second-order valence-electron chi connectivity index (χ2n) is 4.23. The van der Waals surface area contributed by atoms with Gasteiger partial charge < -0.3 is 5.11 Å². The van der Waals surface area contributed by atoms with Crippen molar-refractivity contribution >= 4 is 0 Å². The molecule has 0 bridgehead atoms. The molecule has 1 atom stereocenters. The molecular formula is C12H17NO. The number of aliphatic hydroxyl groups is 1. The molecule has 0 unspecified atom stereocenters. The summed E-state index contributed by atoms with van der Waals surface area (Å²) in [5, 5.41) is 10.0. The molecule has 1 heterocycles. The van der Waals surface area contributed by atoms with E-state index in [1.54, 1.807) is 0 Å². The van der Waals surface area contributed by atoms with E-state index in [-0.39, 0.29) is 0 Å². The van der Waals surface area contributed by atoms with Crippen molar-refractivity contribution in [3.05, 3.63) is 35.9 Å². The van der Waals surface area contributed by atoms with E-state index in [1.165, 1.54) is 5.56 Å². The van der Waals surface area contributed by atoms with Crippen molar-refractivity contribution in [3.8, 4) is 0 Å². The van der Waals surface area contributed by atoms with E-state index < -0.39 is 5.72 Å². The lowest BCUT2D eigenvalue weighted by atomic mass is 10.1. The summed E-state index contributed by atoms with van der Waals surface area (Å²) >= 11 is 0. The molecule has 0 spiro atoms. The van der Waals surface area contributed by atoms with Gasteiger partial charge in [-0.2, -0.15) is 0 Å². The summed E-state index contributed by atoms with van der Waals surface area (Å²) in [6.45, 7) is 3.76. The molecule has 0 amide bonds. The van der Waals surface area contributed by atoms with E-state index in [0.29, 0.717) is 0 Å². The third-order valence-electron chi connectivity index (χ3n) is 2.98. The summed E-state index contributed by atoms with van der Waals surface area (Å²) in [6.07, 6.45) is 1.99. The van der Waals surface area contributed by atoms with Gasteiger partial charge in [-0.15, -0.1) is 0 Å². The van der Waals surface area contributed by atoms with Gasteiger partial charge >= 0.3 is 0 Å². The number of nitrogens with zero attached hydrogens (tertiary/aromatic N) is 1. The lowest BCUT2D eigenvalue weighted by Gasteiger charge is -2.29. The number of hydrogen-bond donors (Lipinski definition) is 1. The highest BCUT2D eigenvalue weighted by Crippen LogP contribution is 2.27. The van der Waals surface area contributed by atoms with Crippen molar-refractivity contribution in [2.24, 2.45) is 0 Å². The molecule has 1 fully saturated rings. The Morgan fingerprint density at radius 1 is 1.36 bits per heavy atom. The average Bonchev–Trinajstić information content (AvgIpc) is 2.48. The molecule has 1 saturated heterocycles. The fraction of sp³-hybridized carbons (Fsp3) is 0.500. The second kappa shape index (κ2) is 3.71. The van der Waals surface area contributed by atoms with Crippen LogP contribution in [-0.2, 0) is 6.54 Å². The van der Waals surface area contributed by atoms with Crippen LogP contribution in [0.2, 0.25) is 0 Å². The maximum absolute atomic E-state index is 10.0. The average molecular weight is 191 g/mol. The zero-order chi connectivity index (χ0) is 10.0. The smallest absolute Gasteiger partial charge is 0.116 e. The SMILES string of the molecule is C[C@]1(O)CCCN1Cc1ccccc1. The first kappa shape index (κ1) is 9.69.